The third-order valence-electron chi connectivity index (χ3n) is 2.00. The molecule has 0 spiro atoms. The molecule has 0 aliphatic carbocycles. The third-order valence-corrected chi connectivity index (χ3v) is 2.84. The minimum atomic E-state index is -0.350. The van der Waals surface area contributed by atoms with E-state index in [1.165, 1.54) is 7.05 Å². The Hall–Kier alpha value is -1.56. The van der Waals surface area contributed by atoms with Crippen LogP contribution in [-0.2, 0) is 7.05 Å². The monoisotopic (exact) mass is 238 g/mol. The maximum absolute atomic E-state index is 11.7. The predicted molar refractivity (Wildman–Crippen MR) is 63.0 cm³/mol. The van der Waals surface area contributed by atoms with E-state index in [2.05, 4.69) is 10.4 Å². The van der Waals surface area contributed by atoms with Gasteiger partial charge in [0.1, 0.15) is 0 Å². The zero-order chi connectivity index (χ0) is 12.4. The molecular weight excluding hydrogens is 224 g/mol. The van der Waals surface area contributed by atoms with Crippen molar-refractivity contribution in [2.24, 2.45) is 7.05 Å². The maximum atomic E-state index is 11.7. The number of aryl methyl sites for hydroxylation is 1. The lowest BCUT2D eigenvalue weighted by Crippen LogP contribution is -2.21. The van der Waals surface area contributed by atoms with Crippen LogP contribution in [0.15, 0.2) is 33.9 Å². The third kappa shape index (κ3) is 2.01. The zero-order valence-corrected chi connectivity index (χ0v) is 9.86. The number of tetrazole rings is 1. The standard InChI is InChI=1S/C10H12N4OS/c1-3-16-9-6-4-5-8(7-9)14-10(15)13(2)11-12-14/h4-7H,3H2,1-2H3/i7T. The highest BCUT2D eigenvalue weighted by atomic mass is 32.2. The van der Waals surface area contributed by atoms with Gasteiger partial charge in [0.05, 0.1) is 7.06 Å². The first-order chi connectivity index (χ1) is 8.15. The van der Waals surface area contributed by atoms with E-state index in [-0.39, 0.29) is 5.69 Å². The number of benzene rings is 1. The average Bonchev–Trinajstić information content (AvgIpc) is 2.64. The van der Waals surface area contributed by atoms with Crippen molar-refractivity contribution in [1.29, 1.82) is 0 Å². The van der Waals surface area contributed by atoms with Gasteiger partial charge in [-0.25, -0.2) is 4.79 Å². The molecule has 0 amide bonds. The molecule has 1 aromatic carbocycles. The number of nitrogens with zero attached hydrogens (tertiary/aromatic N) is 4. The first-order valence-electron chi connectivity index (χ1n) is 5.37. The fraction of sp³-hybridized carbons (Fsp3) is 0.300. The molecule has 0 unspecified atom stereocenters. The van der Waals surface area contributed by atoms with E-state index in [0.717, 1.165) is 20.0 Å². The van der Waals surface area contributed by atoms with Crippen LogP contribution >= 0.6 is 11.8 Å². The summed E-state index contributed by atoms with van der Waals surface area (Å²) in [6.45, 7) is 2.02. The molecule has 0 aliphatic heterocycles. The summed E-state index contributed by atoms with van der Waals surface area (Å²) in [4.78, 5) is 12.5. The normalized spacial score (nSPS) is 11.5. The van der Waals surface area contributed by atoms with Gasteiger partial charge in [0, 0.05) is 11.9 Å². The molecule has 2 aromatic rings. The van der Waals surface area contributed by atoms with Gasteiger partial charge in [0.2, 0.25) is 0 Å². The highest BCUT2D eigenvalue weighted by Gasteiger charge is 2.05. The van der Waals surface area contributed by atoms with Crippen LogP contribution in [0, 0.1) is 0 Å². The Morgan fingerprint density at radius 3 is 2.94 bits per heavy atom. The van der Waals surface area contributed by atoms with Gasteiger partial charge in [-0.3, -0.25) is 0 Å². The van der Waals surface area contributed by atoms with E-state index >= 15 is 0 Å². The van der Waals surface area contributed by atoms with E-state index in [1.54, 1.807) is 17.8 Å². The lowest BCUT2D eigenvalue weighted by Gasteiger charge is -2.01. The van der Waals surface area contributed by atoms with Crippen LogP contribution in [0.2, 0.25) is 0 Å². The smallest absolute Gasteiger partial charge is 0.244 e. The Bertz CT molecular complexity index is 592. The Morgan fingerprint density at radius 1 is 1.50 bits per heavy atom. The van der Waals surface area contributed by atoms with Gasteiger partial charge in [0.25, 0.3) is 0 Å². The second-order valence-electron chi connectivity index (χ2n) is 3.13. The molecule has 0 saturated carbocycles. The van der Waals surface area contributed by atoms with Crippen LogP contribution in [0.4, 0.5) is 0 Å². The van der Waals surface area contributed by atoms with Crippen molar-refractivity contribution in [3.05, 3.63) is 34.7 Å². The molecule has 0 bridgehead atoms. The molecule has 0 atom stereocenters. The molecule has 16 heavy (non-hydrogen) atoms. The van der Waals surface area contributed by atoms with Crippen molar-refractivity contribution in [1.82, 2.24) is 19.8 Å². The minimum absolute atomic E-state index is 0.307. The first-order valence-corrected chi connectivity index (χ1v) is 5.85. The molecule has 1 aromatic heterocycles. The second-order valence-corrected chi connectivity index (χ2v) is 4.44. The Kier molecular flexibility index (Phi) is 2.73. The van der Waals surface area contributed by atoms with Crippen molar-refractivity contribution in [3.63, 3.8) is 0 Å². The molecule has 0 radical (unpaired) electrons. The van der Waals surface area contributed by atoms with E-state index < -0.39 is 0 Å². The number of hydrogen-bond acceptors (Lipinski definition) is 4. The van der Waals surface area contributed by atoms with Gasteiger partial charge >= 0.3 is 5.69 Å². The van der Waals surface area contributed by atoms with Crippen molar-refractivity contribution in [2.75, 3.05) is 5.75 Å². The minimum Gasteiger partial charge on any atom is -0.244 e. The number of rotatable bonds is 3. The molecule has 0 N–H and O–H groups in total. The summed E-state index contributed by atoms with van der Waals surface area (Å²) in [5.74, 6) is 0.880. The van der Waals surface area contributed by atoms with Gasteiger partial charge in [-0.15, -0.1) is 11.8 Å². The Balaban J connectivity index is 2.56. The van der Waals surface area contributed by atoms with Crippen molar-refractivity contribution in [3.8, 4) is 5.69 Å². The summed E-state index contributed by atoms with van der Waals surface area (Å²) in [5, 5.41) is 7.37. The molecule has 0 aliphatic rings. The van der Waals surface area contributed by atoms with Crippen molar-refractivity contribution in [2.45, 2.75) is 11.8 Å². The van der Waals surface area contributed by atoms with E-state index in [0.29, 0.717) is 11.7 Å². The summed E-state index contributed by atoms with van der Waals surface area (Å²) < 4.78 is 10.3. The summed E-state index contributed by atoms with van der Waals surface area (Å²) in [7, 11) is 1.53. The molecule has 5 nitrogen and oxygen atoms in total. The Morgan fingerprint density at radius 2 is 2.31 bits per heavy atom. The number of aromatic nitrogens is 4. The van der Waals surface area contributed by atoms with Crippen LogP contribution in [0.3, 0.4) is 0 Å². The van der Waals surface area contributed by atoms with Gasteiger partial charge in [0.15, 0.2) is 0 Å². The molecule has 2 rings (SSSR count). The zero-order valence-electron chi connectivity index (χ0n) is 10.0. The molecule has 1 heterocycles. The number of thioether (sulfide) groups is 1. The second kappa shape index (κ2) is 4.52. The van der Waals surface area contributed by atoms with E-state index in [4.69, 9.17) is 1.37 Å². The van der Waals surface area contributed by atoms with Crippen LogP contribution < -0.4 is 5.69 Å². The van der Waals surface area contributed by atoms with Crippen molar-refractivity contribution >= 4 is 11.8 Å². The van der Waals surface area contributed by atoms with Gasteiger partial charge in [-0.05, 0) is 34.4 Å². The lowest BCUT2D eigenvalue weighted by molar-refractivity contribution is 0.693. The molecule has 84 valence electrons. The fourth-order valence-corrected chi connectivity index (χ4v) is 1.93. The van der Waals surface area contributed by atoms with Crippen LogP contribution in [0.5, 0.6) is 0 Å². The summed E-state index contributed by atoms with van der Waals surface area (Å²) in [6, 6.07) is 5.67. The summed E-state index contributed by atoms with van der Waals surface area (Å²) in [5.41, 5.74) is 0.110. The summed E-state index contributed by atoms with van der Waals surface area (Å²) in [6.07, 6.45) is 0. The predicted octanol–water partition coefficient (Wildman–Crippen LogP) is 1.08. The molecule has 6 heteroatoms. The average molecular weight is 238 g/mol. The molecule has 0 fully saturated rings. The highest BCUT2D eigenvalue weighted by molar-refractivity contribution is 7.99. The Labute approximate surface area is 98.5 Å². The maximum Gasteiger partial charge on any atom is 0.368 e. The highest BCUT2D eigenvalue weighted by Crippen LogP contribution is 2.19. The van der Waals surface area contributed by atoms with Crippen LogP contribution in [0.1, 0.15) is 8.29 Å². The lowest BCUT2D eigenvalue weighted by atomic mass is 10.3. The largest absolute Gasteiger partial charge is 0.368 e. The van der Waals surface area contributed by atoms with Gasteiger partial charge in [-0.1, -0.05) is 13.0 Å². The van der Waals surface area contributed by atoms with Crippen LogP contribution in [-0.4, -0.2) is 25.5 Å². The SMILES string of the molecule is [3H]c1c(SCC)cccc1-n1nnn(C)c1=O. The summed E-state index contributed by atoms with van der Waals surface area (Å²) >= 11 is 1.57. The topological polar surface area (TPSA) is 52.7 Å². The number of hydrogen-bond donors (Lipinski definition) is 0. The van der Waals surface area contributed by atoms with E-state index in [9.17, 15) is 4.79 Å². The first kappa shape index (κ1) is 9.65. The van der Waals surface area contributed by atoms with E-state index in [1.807, 2.05) is 19.1 Å². The molecule has 0 saturated heterocycles. The quantitative estimate of drug-likeness (QED) is 0.751. The molecular formula is C10H12N4OS. The van der Waals surface area contributed by atoms with Gasteiger partial charge < -0.3 is 0 Å². The van der Waals surface area contributed by atoms with Crippen LogP contribution in [0.25, 0.3) is 5.69 Å². The van der Waals surface area contributed by atoms with Gasteiger partial charge in [-0.2, -0.15) is 9.36 Å². The van der Waals surface area contributed by atoms with Crippen molar-refractivity contribution < 1.29 is 1.37 Å². The fourth-order valence-electron chi connectivity index (χ4n) is 1.26.